The van der Waals surface area contributed by atoms with Gasteiger partial charge >= 0.3 is 0 Å². The van der Waals surface area contributed by atoms with Crippen LogP contribution in [0.1, 0.15) is 121 Å². The monoisotopic (exact) mass is 608 g/mol. The van der Waals surface area contributed by atoms with Gasteiger partial charge in [-0.2, -0.15) is 5.26 Å². The fourth-order valence-corrected chi connectivity index (χ4v) is 12.4. The van der Waals surface area contributed by atoms with Crippen molar-refractivity contribution in [2.24, 2.45) is 56.2 Å². The van der Waals surface area contributed by atoms with Crippen molar-refractivity contribution in [3.05, 3.63) is 47.0 Å². The van der Waals surface area contributed by atoms with E-state index in [4.69, 9.17) is 0 Å². The highest BCUT2D eigenvalue weighted by atomic mass is 16.2. The summed E-state index contributed by atoms with van der Waals surface area (Å²) < 4.78 is 0. The van der Waals surface area contributed by atoms with E-state index in [0.717, 1.165) is 44.9 Å². The van der Waals surface area contributed by atoms with Gasteiger partial charge in [-0.15, -0.1) is 0 Å². The number of nitriles is 1. The van der Waals surface area contributed by atoms with Crippen LogP contribution in [0, 0.1) is 67.5 Å². The first-order chi connectivity index (χ1) is 21.0. The Kier molecular flexibility index (Phi) is 6.29. The van der Waals surface area contributed by atoms with Gasteiger partial charge in [0.15, 0.2) is 5.78 Å². The van der Waals surface area contributed by atoms with E-state index in [1.54, 1.807) is 12.1 Å². The molecule has 1 aromatic carbocycles. The minimum atomic E-state index is -0.655. The van der Waals surface area contributed by atoms with Crippen molar-refractivity contribution in [2.75, 3.05) is 6.54 Å². The average Bonchev–Trinajstić information content (AvgIpc) is 3.21. The maximum atomic E-state index is 14.9. The van der Waals surface area contributed by atoms with E-state index in [1.807, 2.05) is 32.1 Å². The highest BCUT2D eigenvalue weighted by Crippen LogP contribution is 2.76. The van der Waals surface area contributed by atoms with Crippen LogP contribution in [0.25, 0.3) is 0 Å². The summed E-state index contributed by atoms with van der Waals surface area (Å²) in [5.41, 5.74) is -0.517. The van der Waals surface area contributed by atoms with Crippen LogP contribution in [0.3, 0.4) is 0 Å². The van der Waals surface area contributed by atoms with Gasteiger partial charge in [0.05, 0.1) is 16.7 Å². The minimum Gasteiger partial charge on any atom is -0.299 e. The number of benzene rings is 1. The molecule has 0 unspecified atom stereocenters. The summed E-state index contributed by atoms with van der Waals surface area (Å²) in [6.45, 7) is 16.0. The molecule has 1 aliphatic heterocycles. The second-order valence-electron chi connectivity index (χ2n) is 17.8. The first-order valence-corrected chi connectivity index (χ1v) is 17.1. The van der Waals surface area contributed by atoms with Gasteiger partial charge in [-0.1, -0.05) is 66.7 Å². The number of fused-ring (bicyclic) bond motifs is 8. The Morgan fingerprint density at radius 3 is 2.07 bits per heavy atom. The third-order valence-electron chi connectivity index (χ3n) is 15.0. The van der Waals surface area contributed by atoms with E-state index in [-0.39, 0.29) is 68.5 Å². The topological polar surface area (TPSA) is 95.3 Å². The van der Waals surface area contributed by atoms with Gasteiger partial charge in [0.1, 0.15) is 11.9 Å². The lowest BCUT2D eigenvalue weighted by atomic mass is 9.31. The van der Waals surface area contributed by atoms with Crippen molar-refractivity contribution < 1.29 is 19.2 Å². The number of rotatable bonds is 2. The number of Topliss-reactive ketones (excluding diaryl/α,β-unsaturated/α-hetero) is 2. The molecular formula is C39H48N2O4. The molecule has 7 rings (SSSR count). The average molecular weight is 609 g/mol. The Morgan fingerprint density at radius 1 is 0.822 bits per heavy atom. The molecule has 6 nitrogen and oxygen atoms in total. The van der Waals surface area contributed by atoms with E-state index in [0.29, 0.717) is 29.9 Å². The second kappa shape index (κ2) is 9.26. The maximum absolute atomic E-state index is 14.9. The highest BCUT2D eigenvalue weighted by Gasteiger charge is 2.72. The molecule has 45 heavy (non-hydrogen) atoms. The largest absolute Gasteiger partial charge is 0.299 e. The second-order valence-corrected chi connectivity index (χ2v) is 17.8. The predicted octanol–water partition coefficient (Wildman–Crippen LogP) is 7.58. The van der Waals surface area contributed by atoms with E-state index in [9.17, 15) is 24.4 Å². The zero-order chi connectivity index (χ0) is 32.5. The summed E-state index contributed by atoms with van der Waals surface area (Å²) in [6, 6.07) is 9.35. The number of imide groups is 1. The summed E-state index contributed by atoms with van der Waals surface area (Å²) in [4.78, 5) is 57.0. The Hall–Kier alpha value is -3.07. The molecule has 6 aliphatic rings. The molecule has 0 spiro atoms. The summed E-state index contributed by atoms with van der Waals surface area (Å²) in [7, 11) is 0. The first-order valence-electron chi connectivity index (χ1n) is 17.1. The Balaban J connectivity index is 1.30. The number of carbonyl (C=O) groups excluding carboxylic acids is 4. The Bertz CT molecular complexity index is 1590. The first kappa shape index (κ1) is 30.6. The van der Waals surface area contributed by atoms with Gasteiger partial charge in [-0.25, -0.2) is 0 Å². The number of amides is 2. The van der Waals surface area contributed by atoms with Crippen molar-refractivity contribution in [1.82, 2.24) is 4.90 Å². The molecule has 5 aliphatic carbocycles. The molecule has 6 heteroatoms. The molecule has 4 fully saturated rings. The van der Waals surface area contributed by atoms with Crippen LogP contribution in [-0.2, 0) is 9.59 Å². The number of ketones is 2. The highest BCUT2D eigenvalue weighted by molar-refractivity contribution is 6.21. The van der Waals surface area contributed by atoms with Gasteiger partial charge in [-0.3, -0.25) is 24.1 Å². The molecule has 8 atom stereocenters. The lowest BCUT2D eigenvalue weighted by Gasteiger charge is -2.72. The van der Waals surface area contributed by atoms with Gasteiger partial charge in [-0.05, 0) is 102 Å². The van der Waals surface area contributed by atoms with Crippen molar-refractivity contribution in [1.29, 1.82) is 5.26 Å². The minimum absolute atomic E-state index is 0.0357. The molecule has 0 bridgehead atoms. The Morgan fingerprint density at radius 2 is 1.44 bits per heavy atom. The summed E-state index contributed by atoms with van der Waals surface area (Å²) >= 11 is 0. The molecule has 238 valence electrons. The molecule has 2 amide bonds. The van der Waals surface area contributed by atoms with Gasteiger partial charge in [0.2, 0.25) is 0 Å². The van der Waals surface area contributed by atoms with Crippen LogP contribution in [0.2, 0.25) is 0 Å². The fourth-order valence-electron chi connectivity index (χ4n) is 12.4. The van der Waals surface area contributed by atoms with Crippen LogP contribution < -0.4 is 0 Å². The van der Waals surface area contributed by atoms with Crippen LogP contribution in [0.4, 0.5) is 0 Å². The smallest absolute Gasteiger partial charge is 0.261 e. The van der Waals surface area contributed by atoms with Gasteiger partial charge in [0.25, 0.3) is 11.8 Å². The van der Waals surface area contributed by atoms with E-state index in [2.05, 4.69) is 40.7 Å². The lowest BCUT2D eigenvalue weighted by Crippen LogP contribution is -2.69. The van der Waals surface area contributed by atoms with E-state index >= 15 is 0 Å². The van der Waals surface area contributed by atoms with E-state index < -0.39 is 10.8 Å². The number of carbonyl (C=O) groups is 4. The third-order valence-corrected chi connectivity index (χ3v) is 15.0. The molecule has 0 radical (unpaired) electrons. The molecule has 0 aromatic heterocycles. The van der Waals surface area contributed by atoms with Crippen molar-refractivity contribution in [2.45, 2.75) is 99.8 Å². The van der Waals surface area contributed by atoms with Crippen LogP contribution in [0.15, 0.2) is 35.9 Å². The van der Waals surface area contributed by atoms with Crippen molar-refractivity contribution in [3.8, 4) is 6.07 Å². The molecular weight excluding hydrogens is 560 g/mol. The standard InChI is InChI=1S/C39H48N2O4/c1-34(2)14-16-39(22-41-32(44)24-10-8-9-11-25(24)33(41)45)17-15-38(7)30(26(39)20-34)27(42)18-29-36(5)19-23(21-40)31(43)35(3,4)28(36)12-13-37(29,38)6/h8-11,19,26,28-30H,12-18,20,22H2,1-7H3/t26-,28+,29-,30+,36+,37-,38-,39-/m1/s1. The van der Waals surface area contributed by atoms with Crippen LogP contribution in [-0.4, -0.2) is 34.8 Å². The lowest BCUT2D eigenvalue weighted by molar-refractivity contribution is -0.223. The molecule has 0 N–H and O–H groups in total. The predicted molar refractivity (Wildman–Crippen MR) is 171 cm³/mol. The van der Waals surface area contributed by atoms with E-state index in [1.165, 1.54) is 4.90 Å². The van der Waals surface area contributed by atoms with Gasteiger partial charge < -0.3 is 0 Å². The fraction of sp³-hybridized carbons (Fsp3) is 0.667. The van der Waals surface area contributed by atoms with Crippen molar-refractivity contribution in [3.63, 3.8) is 0 Å². The maximum Gasteiger partial charge on any atom is 0.261 e. The molecule has 4 saturated carbocycles. The van der Waals surface area contributed by atoms with Crippen LogP contribution >= 0.6 is 0 Å². The zero-order valence-corrected chi connectivity index (χ0v) is 28.1. The SMILES string of the molecule is CC1(C)CC[C@]2(CN3C(=O)c4ccccc4C3=O)CC[C@]3(C)[C@H](C(=O)C[C@@H]4[C@@]5(C)C=C(C#N)C(=O)C(C)(C)[C@@H]5CC[C@]43C)[C@H]2C1. The van der Waals surface area contributed by atoms with Crippen LogP contribution in [0.5, 0.6) is 0 Å². The Labute approximate surface area is 268 Å². The summed E-state index contributed by atoms with van der Waals surface area (Å²) in [5, 5.41) is 10.0. The quantitative estimate of drug-likeness (QED) is 0.323. The zero-order valence-electron chi connectivity index (χ0n) is 28.1. The molecule has 1 aromatic rings. The number of allylic oxidation sites excluding steroid dienone is 2. The summed E-state index contributed by atoms with van der Waals surface area (Å²) in [5.74, 6) is -0.136. The third kappa shape index (κ3) is 3.79. The number of nitrogens with zero attached hydrogens (tertiary/aromatic N) is 2. The van der Waals surface area contributed by atoms with Gasteiger partial charge in [0, 0.05) is 24.3 Å². The molecule has 1 heterocycles. The van der Waals surface area contributed by atoms with Crippen molar-refractivity contribution >= 4 is 23.4 Å². The number of hydrogen-bond donors (Lipinski definition) is 0. The number of hydrogen-bond acceptors (Lipinski definition) is 5. The normalized spacial score (nSPS) is 42.9. The molecule has 0 saturated heterocycles. The summed E-state index contributed by atoms with van der Waals surface area (Å²) in [6.07, 6.45) is 8.82.